The van der Waals surface area contributed by atoms with Crippen LogP contribution in [0.2, 0.25) is 0 Å². The quantitative estimate of drug-likeness (QED) is 0.394. The van der Waals surface area contributed by atoms with Gasteiger partial charge < -0.3 is 14.6 Å². The van der Waals surface area contributed by atoms with Crippen LogP contribution in [-0.4, -0.2) is 28.9 Å². The number of allylic oxidation sites excluding steroid dienone is 1. The smallest absolute Gasteiger partial charge is 0.335 e. The van der Waals surface area contributed by atoms with Gasteiger partial charge in [0.25, 0.3) is 0 Å². The number of aromatic nitrogens is 1. The number of hydrogen-bond donors (Lipinski definition) is 1. The molecule has 8 heteroatoms. The zero-order valence-corrected chi connectivity index (χ0v) is 15.9. The van der Waals surface area contributed by atoms with Gasteiger partial charge >= 0.3 is 5.97 Å². The Bertz CT molecular complexity index is 884. The number of rotatable bonds is 9. The fraction of sp³-hybridized carbons (Fsp3) is 0.250. The van der Waals surface area contributed by atoms with Crippen molar-refractivity contribution in [3.8, 4) is 5.75 Å². The van der Waals surface area contributed by atoms with Crippen molar-refractivity contribution in [3.05, 3.63) is 65.4 Å². The SMILES string of the molecule is C=NN(/C(=C\C)OCc1ccc(F)cc1OC(C)C)c1cc(C(=O)O)ccn1. The van der Waals surface area contributed by atoms with Gasteiger partial charge in [0.15, 0.2) is 5.82 Å². The number of hydrogen-bond acceptors (Lipinski definition) is 6. The zero-order valence-electron chi connectivity index (χ0n) is 15.9. The van der Waals surface area contributed by atoms with Gasteiger partial charge in [0.2, 0.25) is 5.88 Å². The third-order valence-electron chi connectivity index (χ3n) is 3.57. The van der Waals surface area contributed by atoms with Gasteiger partial charge in [0.1, 0.15) is 18.2 Å². The van der Waals surface area contributed by atoms with E-state index in [9.17, 15) is 9.18 Å². The Morgan fingerprint density at radius 3 is 2.75 bits per heavy atom. The van der Waals surface area contributed by atoms with E-state index in [1.807, 2.05) is 13.8 Å². The number of benzene rings is 1. The lowest BCUT2D eigenvalue weighted by Gasteiger charge is -2.22. The van der Waals surface area contributed by atoms with Crippen LogP contribution in [0.25, 0.3) is 0 Å². The number of nitrogens with zero attached hydrogens (tertiary/aromatic N) is 3. The minimum Gasteiger partial charge on any atom is -0.490 e. The first-order chi connectivity index (χ1) is 13.3. The van der Waals surface area contributed by atoms with Gasteiger partial charge in [-0.2, -0.15) is 10.1 Å². The molecule has 148 valence electrons. The van der Waals surface area contributed by atoms with Crippen LogP contribution in [0.1, 0.15) is 36.7 Å². The lowest BCUT2D eigenvalue weighted by atomic mass is 10.2. The van der Waals surface area contributed by atoms with Crippen LogP contribution in [0.3, 0.4) is 0 Å². The van der Waals surface area contributed by atoms with Gasteiger partial charge in [0, 0.05) is 24.5 Å². The van der Waals surface area contributed by atoms with Crippen molar-refractivity contribution in [2.45, 2.75) is 33.5 Å². The average Bonchev–Trinajstić information content (AvgIpc) is 2.66. The maximum atomic E-state index is 13.5. The molecular formula is C20H22FN3O4. The van der Waals surface area contributed by atoms with Crippen molar-refractivity contribution in [1.29, 1.82) is 0 Å². The maximum absolute atomic E-state index is 13.5. The Morgan fingerprint density at radius 2 is 2.14 bits per heavy atom. The minimum atomic E-state index is -1.09. The number of carbonyl (C=O) groups is 1. The second kappa shape index (κ2) is 9.50. The van der Waals surface area contributed by atoms with E-state index in [1.165, 1.54) is 35.5 Å². The van der Waals surface area contributed by atoms with Crippen molar-refractivity contribution in [3.63, 3.8) is 0 Å². The summed E-state index contributed by atoms with van der Waals surface area (Å²) in [5.74, 6) is -0.590. The van der Waals surface area contributed by atoms with Crippen molar-refractivity contribution >= 4 is 18.5 Å². The molecule has 0 aliphatic carbocycles. The molecule has 1 aromatic heterocycles. The predicted octanol–water partition coefficient (Wildman–Crippen LogP) is 4.21. The number of aromatic carboxylic acids is 1. The summed E-state index contributed by atoms with van der Waals surface area (Å²) < 4.78 is 25.0. The summed E-state index contributed by atoms with van der Waals surface area (Å²) in [6.07, 6.45) is 2.87. The van der Waals surface area contributed by atoms with Crippen LogP contribution in [0.5, 0.6) is 5.75 Å². The van der Waals surface area contributed by atoms with Gasteiger partial charge in [-0.1, -0.05) is 0 Å². The van der Waals surface area contributed by atoms with Gasteiger partial charge in [-0.25, -0.2) is 14.2 Å². The monoisotopic (exact) mass is 387 g/mol. The van der Waals surface area contributed by atoms with Crippen LogP contribution in [0, 0.1) is 5.82 Å². The fourth-order valence-electron chi connectivity index (χ4n) is 2.35. The number of halogens is 1. The van der Waals surface area contributed by atoms with E-state index >= 15 is 0 Å². The summed E-state index contributed by atoms with van der Waals surface area (Å²) >= 11 is 0. The maximum Gasteiger partial charge on any atom is 0.335 e. The van der Waals surface area contributed by atoms with Crippen LogP contribution >= 0.6 is 0 Å². The Balaban J connectivity index is 2.23. The molecule has 2 aromatic rings. The highest BCUT2D eigenvalue weighted by atomic mass is 19.1. The lowest BCUT2D eigenvalue weighted by molar-refractivity contribution is 0.0696. The van der Waals surface area contributed by atoms with Crippen LogP contribution in [0.15, 0.2) is 53.6 Å². The first-order valence-electron chi connectivity index (χ1n) is 8.56. The van der Waals surface area contributed by atoms with Crippen molar-refractivity contribution < 1.29 is 23.8 Å². The Hall–Kier alpha value is -3.42. The van der Waals surface area contributed by atoms with Crippen molar-refractivity contribution in [1.82, 2.24) is 4.98 Å². The Morgan fingerprint density at radius 1 is 1.39 bits per heavy atom. The molecule has 0 amide bonds. The standard InChI is InChI=1S/C20H22FN3O4/c1-5-19(24(22-4)18-10-14(20(25)26)8-9-23-18)27-12-15-6-7-16(21)11-17(15)28-13(2)3/h5-11,13H,4,12H2,1-3H3,(H,25,26)/b19-5+. The van der Waals surface area contributed by atoms with E-state index in [4.69, 9.17) is 14.6 Å². The first-order valence-corrected chi connectivity index (χ1v) is 8.56. The molecule has 0 aliphatic heterocycles. The molecule has 0 saturated heterocycles. The van der Waals surface area contributed by atoms with E-state index in [1.54, 1.807) is 19.1 Å². The molecule has 1 aromatic carbocycles. The summed E-state index contributed by atoms with van der Waals surface area (Å²) in [6, 6.07) is 6.93. The average molecular weight is 387 g/mol. The number of carboxylic acid groups (broad SMARTS) is 1. The molecule has 0 unspecified atom stereocenters. The largest absolute Gasteiger partial charge is 0.490 e. The third kappa shape index (κ3) is 5.29. The number of ether oxygens (including phenoxy) is 2. The molecule has 7 nitrogen and oxygen atoms in total. The Labute approximate surface area is 162 Å². The Kier molecular flexibility index (Phi) is 7.08. The van der Waals surface area contributed by atoms with Gasteiger partial charge in [-0.15, -0.1) is 0 Å². The van der Waals surface area contributed by atoms with E-state index in [0.29, 0.717) is 11.3 Å². The van der Waals surface area contributed by atoms with Crippen LogP contribution < -0.4 is 9.75 Å². The number of anilines is 1. The molecule has 0 bridgehead atoms. The highest BCUT2D eigenvalue weighted by Crippen LogP contribution is 2.25. The van der Waals surface area contributed by atoms with Crippen molar-refractivity contribution in [2.24, 2.45) is 5.10 Å². The molecule has 0 aliphatic rings. The van der Waals surface area contributed by atoms with E-state index < -0.39 is 11.8 Å². The second-order valence-corrected chi connectivity index (χ2v) is 6.00. The van der Waals surface area contributed by atoms with Gasteiger partial charge in [-0.3, -0.25) is 0 Å². The van der Waals surface area contributed by atoms with Gasteiger partial charge in [-0.05, 0) is 51.1 Å². The first kappa shape index (κ1) is 20.9. The number of carboxylic acids is 1. The summed E-state index contributed by atoms with van der Waals surface area (Å²) in [6.45, 7) is 8.99. The zero-order chi connectivity index (χ0) is 20.7. The number of hydrazone groups is 1. The third-order valence-corrected chi connectivity index (χ3v) is 3.57. The summed E-state index contributed by atoms with van der Waals surface area (Å²) in [5.41, 5.74) is 0.700. The summed E-state index contributed by atoms with van der Waals surface area (Å²) in [4.78, 5) is 15.3. The fourth-order valence-corrected chi connectivity index (χ4v) is 2.35. The second-order valence-electron chi connectivity index (χ2n) is 6.00. The molecule has 1 heterocycles. The highest BCUT2D eigenvalue weighted by Gasteiger charge is 2.16. The molecule has 28 heavy (non-hydrogen) atoms. The molecule has 1 N–H and O–H groups in total. The van der Waals surface area contributed by atoms with E-state index in [-0.39, 0.29) is 30.0 Å². The lowest BCUT2D eigenvalue weighted by Crippen LogP contribution is -2.19. The molecule has 0 atom stereocenters. The molecule has 2 rings (SSSR count). The highest BCUT2D eigenvalue weighted by molar-refractivity contribution is 5.88. The van der Waals surface area contributed by atoms with Gasteiger partial charge in [0.05, 0.1) is 11.7 Å². The van der Waals surface area contributed by atoms with Crippen LogP contribution in [-0.2, 0) is 11.3 Å². The summed E-state index contributed by atoms with van der Waals surface area (Å²) in [7, 11) is 0. The molecule has 0 saturated carbocycles. The molecule has 0 radical (unpaired) electrons. The number of pyridine rings is 1. The predicted molar refractivity (Wildman–Crippen MR) is 104 cm³/mol. The summed E-state index contributed by atoms with van der Waals surface area (Å²) in [5, 5.41) is 14.3. The van der Waals surface area contributed by atoms with Crippen LogP contribution in [0.4, 0.5) is 10.2 Å². The minimum absolute atomic E-state index is 0.0558. The van der Waals surface area contributed by atoms with Crippen molar-refractivity contribution in [2.75, 3.05) is 5.01 Å². The molecular weight excluding hydrogens is 365 g/mol. The molecule has 0 fully saturated rings. The van der Waals surface area contributed by atoms with E-state index in [2.05, 4.69) is 16.8 Å². The topological polar surface area (TPSA) is 84.2 Å². The normalized spacial score (nSPS) is 11.2. The molecule has 0 spiro atoms. The van der Waals surface area contributed by atoms with E-state index in [0.717, 1.165) is 0 Å².